The van der Waals surface area contributed by atoms with Crippen molar-refractivity contribution in [3.63, 3.8) is 0 Å². The van der Waals surface area contributed by atoms with Crippen LogP contribution in [0.4, 0.5) is 23.2 Å². The number of sulfonamides is 1. The van der Waals surface area contributed by atoms with Crippen molar-refractivity contribution < 1.29 is 44.7 Å². The Balaban J connectivity index is 1.45. The number of carbonyl (C=O) groups is 2. The van der Waals surface area contributed by atoms with E-state index in [4.69, 9.17) is 14.9 Å². The quantitative estimate of drug-likeness (QED) is 0.128. The third-order valence-electron chi connectivity index (χ3n) is 8.33. The predicted molar refractivity (Wildman–Crippen MR) is 193 cm³/mol. The number of carbonyl (C=O) groups excluding carboxylic acids is 2. The third-order valence-corrected chi connectivity index (χ3v) is 9.58. The predicted octanol–water partition coefficient (Wildman–Crippen LogP) is 8.62. The number of amides is 2. The summed E-state index contributed by atoms with van der Waals surface area (Å²) in [6.07, 6.45) is -3.80. The molecule has 0 aliphatic carbocycles. The first kappa shape index (κ1) is 36.6. The highest BCUT2D eigenvalue weighted by atomic mass is 32.2. The molecule has 6 aromatic rings. The van der Waals surface area contributed by atoms with E-state index >= 15 is 0 Å². The number of furan rings is 1. The maximum Gasteiger partial charge on any atom is 0.412 e. The van der Waals surface area contributed by atoms with E-state index in [1.807, 2.05) is 0 Å². The van der Waals surface area contributed by atoms with E-state index in [0.717, 1.165) is 10.6 Å². The average Bonchev–Trinajstić information content (AvgIpc) is 3.49. The van der Waals surface area contributed by atoms with Crippen LogP contribution in [-0.2, 0) is 10.0 Å². The van der Waals surface area contributed by atoms with Crippen LogP contribution in [0.2, 0.25) is 0 Å². The van der Waals surface area contributed by atoms with Crippen LogP contribution < -0.4 is 20.1 Å². The van der Waals surface area contributed by atoms with Gasteiger partial charge >= 0.3 is 6.18 Å². The number of halogens is 4. The molecule has 0 saturated heterocycles. The summed E-state index contributed by atoms with van der Waals surface area (Å²) < 4.78 is 94.9. The van der Waals surface area contributed by atoms with Crippen molar-refractivity contribution in [3.05, 3.63) is 138 Å². The Labute approximate surface area is 301 Å². The fraction of sp³-hybridized carbons (Fsp3) is 0.128. The minimum absolute atomic E-state index is 0.0229. The van der Waals surface area contributed by atoms with Crippen LogP contribution in [-0.4, -0.2) is 39.2 Å². The molecule has 9 nitrogen and oxygen atoms in total. The summed E-state index contributed by atoms with van der Waals surface area (Å²) >= 11 is 0. The number of hydrogen-bond donors (Lipinski definition) is 2. The van der Waals surface area contributed by atoms with Crippen molar-refractivity contribution in [1.29, 1.82) is 0 Å². The van der Waals surface area contributed by atoms with E-state index in [9.17, 15) is 35.6 Å². The van der Waals surface area contributed by atoms with Crippen LogP contribution in [0.15, 0.2) is 120 Å². The highest BCUT2D eigenvalue weighted by Crippen LogP contribution is 2.42. The van der Waals surface area contributed by atoms with Gasteiger partial charge in [0, 0.05) is 40.8 Å². The molecule has 0 bridgehead atoms. The molecule has 272 valence electrons. The van der Waals surface area contributed by atoms with Crippen LogP contribution in [0.3, 0.4) is 0 Å². The second kappa shape index (κ2) is 14.5. The number of benzene rings is 5. The number of ether oxygens (including phenoxy) is 1. The van der Waals surface area contributed by atoms with Gasteiger partial charge in [-0.25, -0.2) is 12.8 Å². The zero-order valence-electron chi connectivity index (χ0n) is 28.1. The fourth-order valence-electron chi connectivity index (χ4n) is 5.98. The van der Waals surface area contributed by atoms with Gasteiger partial charge in [0.2, 0.25) is 10.0 Å². The van der Waals surface area contributed by atoms with Crippen LogP contribution in [0.5, 0.6) is 11.5 Å². The van der Waals surface area contributed by atoms with E-state index < -0.39 is 39.9 Å². The molecule has 1 aromatic heterocycles. The number of rotatable bonds is 11. The first-order chi connectivity index (χ1) is 25.1. The molecular formula is C39H31F4N3O6S. The van der Waals surface area contributed by atoms with E-state index in [1.54, 1.807) is 49.4 Å². The first-order valence-electron chi connectivity index (χ1n) is 16.1. The van der Waals surface area contributed by atoms with Gasteiger partial charge in [0.1, 0.15) is 28.7 Å². The highest BCUT2D eigenvalue weighted by molar-refractivity contribution is 7.92. The van der Waals surface area contributed by atoms with Crippen molar-refractivity contribution in [2.24, 2.45) is 5.73 Å². The molecule has 0 spiro atoms. The lowest BCUT2D eigenvalue weighted by Gasteiger charge is -2.24. The van der Waals surface area contributed by atoms with Gasteiger partial charge in [-0.15, -0.1) is 0 Å². The minimum atomic E-state index is -4.80. The lowest BCUT2D eigenvalue weighted by molar-refractivity contribution is -0.155. The maximum atomic E-state index is 14.1. The monoisotopic (exact) mass is 745 g/mol. The van der Waals surface area contributed by atoms with Gasteiger partial charge in [-0.3, -0.25) is 13.9 Å². The average molecular weight is 746 g/mol. The molecular weight excluding hydrogens is 715 g/mol. The molecule has 0 fully saturated rings. The number of nitrogens with two attached hydrogens (primary N) is 1. The Kier molecular flexibility index (Phi) is 10.00. The van der Waals surface area contributed by atoms with E-state index in [1.165, 1.54) is 72.8 Å². The molecule has 14 heteroatoms. The summed E-state index contributed by atoms with van der Waals surface area (Å²) in [6.45, 7) is 1.58. The summed E-state index contributed by atoms with van der Waals surface area (Å²) in [4.78, 5) is 26.3. The Hall–Kier alpha value is -6.15. The second-order valence-electron chi connectivity index (χ2n) is 12.0. The van der Waals surface area contributed by atoms with Crippen molar-refractivity contribution in [3.8, 4) is 33.9 Å². The Bertz CT molecular complexity index is 2430. The zero-order chi connectivity index (χ0) is 38.1. The fourth-order valence-corrected chi connectivity index (χ4v) is 6.96. The molecule has 0 aliphatic rings. The Morgan fingerprint density at radius 2 is 1.57 bits per heavy atom. The smallest absolute Gasteiger partial charge is 0.412 e. The zero-order valence-corrected chi connectivity index (χ0v) is 29.0. The number of primary amides is 1. The summed E-state index contributed by atoms with van der Waals surface area (Å²) in [5.41, 5.74) is 6.68. The second-order valence-corrected chi connectivity index (χ2v) is 13.9. The largest absolute Gasteiger partial charge is 0.457 e. The highest BCUT2D eigenvalue weighted by Gasteiger charge is 2.42. The topological polar surface area (TPSA) is 132 Å². The third kappa shape index (κ3) is 7.87. The van der Waals surface area contributed by atoms with Crippen molar-refractivity contribution >= 4 is 38.5 Å². The number of alkyl halides is 3. The molecule has 1 heterocycles. The van der Waals surface area contributed by atoms with Gasteiger partial charge in [-0.2, -0.15) is 13.2 Å². The minimum Gasteiger partial charge on any atom is -0.457 e. The first-order valence-corrected chi connectivity index (χ1v) is 17.9. The molecule has 6 rings (SSSR count). The Morgan fingerprint density at radius 3 is 2.19 bits per heavy atom. The number of nitrogens with zero attached hydrogens (tertiary/aromatic N) is 1. The van der Waals surface area contributed by atoms with E-state index in [0.29, 0.717) is 11.3 Å². The maximum absolute atomic E-state index is 14.1. The van der Waals surface area contributed by atoms with Crippen LogP contribution in [0.25, 0.3) is 33.4 Å². The molecule has 0 saturated carbocycles. The van der Waals surface area contributed by atoms with Crippen LogP contribution in [0, 0.1) is 5.82 Å². The van der Waals surface area contributed by atoms with Gasteiger partial charge in [0.15, 0.2) is 6.04 Å². The Morgan fingerprint density at radius 1 is 0.868 bits per heavy atom. The summed E-state index contributed by atoms with van der Waals surface area (Å²) in [5, 5.41) is 2.28. The van der Waals surface area contributed by atoms with Crippen LogP contribution in [0.1, 0.15) is 39.2 Å². The number of anilines is 1. The summed E-state index contributed by atoms with van der Waals surface area (Å²) in [5.74, 6) is -1.66. The standard InChI is InChI=1S/C39H31F4N3O6S/c1-3-46(53(2,49)50)32-22-33-31(34(37(44)47)35(52-33)23-15-17-28(18-16-23)51-29-14-8-13-27(40)20-29)21-30(32)25-11-7-12-26(19-25)38(48)45-36(39(41,42)43)24-9-5-4-6-10-24/h4-22,36H,3H2,1-2H3,(H2,44,47)(H,45,48). The molecule has 5 aromatic carbocycles. The SMILES string of the molecule is CCN(c1cc2oc(-c3ccc(Oc4cccc(F)c4)cc3)c(C(N)=O)c2cc1-c1cccc(C(=O)NC(c2ccccc2)C(F)(F)F)c1)S(C)(=O)=O. The van der Waals surface area contributed by atoms with Crippen molar-refractivity contribution in [1.82, 2.24) is 5.32 Å². The van der Waals surface area contributed by atoms with E-state index in [2.05, 4.69) is 5.32 Å². The molecule has 0 radical (unpaired) electrons. The molecule has 53 heavy (non-hydrogen) atoms. The van der Waals surface area contributed by atoms with Gasteiger partial charge in [-0.05, 0) is 72.6 Å². The van der Waals surface area contributed by atoms with Gasteiger partial charge in [0.05, 0.1) is 17.5 Å². The summed E-state index contributed by atoms with van der Waals surface area (Å²) in [6, 6.07) is 25.1. The van der Waals surface area contributed by atoms with Crippen molar-refractivity contribution in [2.45, 2.75) is 19.1 Å². The lowest BCUT2D eigenvalue weighted by atomic mass is 9.97. The lowest BCUT2D eigenvalue weighted by Crippen LogP contribution is -2.38. The molecule has 1 unspecified atom stereocenters. The number of nitrogens with one attached hydrogen (secondary N) is 1. The molecule has 0 aliphatic heterocycles. The van der Waals surface area contributed by atoms with Gasteiger partial charge in [-0.1, -0.05) is 48.5 Å². The summed E-state index contributed by atoms with van der Waals surface area (Å²) in [7, 11) is -3.90. The molecule has 3 N–H and O–H groups in total. The van der Waals surface area contributed by atoms with Crippen LogP contribution >= 0.6 is 0 Å². The van der Waals surface area contributed by atoms with Crippen molar-refractivity contribution in [2.75, 3.05) is 17.1 Å². The number of hydrogen-bond acceptors (Lipinski definition) is 6. The molecule has 1 atom stereocenters. The van der Waals surface area contributed by atoms with E-state index in [-0.39, 0.29) is 62.5 Å². The van der Waals surface area contributed by atoms with Gasteiger partial charge in [0.25, 0.3) is 11.8 Å². The van der Waals surface area contributed by atoms with Gasteiger partial charge < -0.3 is 20.2 Å². The molecule has 2 amide bonds. The normalized spacial score (nSPS) is 12.3. The number of fused-ring (bicyclic) bond motifs is 1.